The van der Waals surface area contributed by atoms with Crippen LogP contribution in [-0.2, 0) is 39.0 Å². The van der Waals surface area contributed by atoms with Crippen LogP contribution in [0.4, 0.5) is 4.79 Å². The first-order valence-electron chi connectivity index (χ1n) is 17.7. The van der Waals surface area contributed by atoms with Crippen molar-refractivity contribution < 1.29 is 38.2 Å². The molecule has 0 bridgehead atoms. The number of hydrogen-bond acceptors (Lipinski definition) is 10. The van der Waals surface area contributed by atoms with E-state index in [2.05, 4.69) is 15.5 Å². The number of hydrogen-bond donors (Lipinski definition) is 4. The molecule has 0 aliphatic carbocycles. The van der Waals surface area contributed by atoms with Gasteiger partial charge in [-0.05, 0) is 41.5 Å². The maximum Gasteiger partial charge on any atom is 0.321 e. The zero-order chi connectivity index (χ0) is 38.7. The van der Waals surface area contributed by atoms with Crippen LogP contribution >= 0.6 is 11.3 Å². The minimum absolute atomic E-state index is 0.00663. The molecule has 0 spiro atoms. The fourth-order valence-corrected chi connectivity index (χ4v) is 8.67. The number of amides is 3. The molecule has 1 aromatic heterocycles. The lowest BCUT2D eigenvalue weighted by atomic mass is 9.95. The molecule has 4 atom stereocenters. The van der Waals surface area contributed by atoms with Crippen LogP contribution in [0.3, 0.4) is 0 Å². The molecule has 1 fully saturated rings. The highest BCUT2D eigenvalue weighted by atomic mass is 32.2. The molecule has 3 amide bonds. The molecule has 2 aromatic carbocycles. The van der Waals surface area contributed by atoms with Crippen molar-refractivity contribution in [3.8, 4) is 0 Å². The van der Waals surface area contributed by atoms with Gasteiger partial charge < -0.3 is 30.5 Å². The number of rotatable bonds is 20. The molecule has 1 saturated heterocycles. The molecule has 1 aliphatic heterocycles. The van der Waals surface area contributed by atoms with Gasteiger partial charge in [0, 0.05) is 38.0 Å². The number of carboxylic acid groups (broad SMARTS) is 1. The Balaban J connectivity index is 1.56. The number of oxime groups is 1. The largest absolute Gasteiger partial charge is 0.481 e. The van der Waals surface area contributed by atoms with Gasteiger partial charge in [-0.2, -0.15) is 4.31 Å². The van der Waals surface area contributed by atoms with Crippen LogP contribution in [0.2, 0.25) is 0 Å². The zero-order valence-corrected chi connectivity index (χ0v) is 32.2. The summed E-state index contributed by atoms with van der Waals surface area (Å²) in [6.45, 7) is 8.28. The van der Waals surface area contributed by atoms with Crippen molar-refractivity contribution in [2.24, 2.45) is 17.0 Å². The van der Waals surface area contributed by atoms with E-state index < -0.39 is 40.1 Å². The second-order valence-corrected chi connectivity index (χ2v) is 16.6. The minimum atomic E-state index is -4.08. The summed E-state index contributed by atoms with van der Waals surface area (Å²) in [5, 5.41) is 38.1. The second kappa shape index (κ2) is 19.1. The number of urea groups is 1. The number of carbonyl (C=O) groups excluding carboxylic acids is 2. The number of nitrogens with one attached hydrogen (secondary N) is 1. The molecule has 3 aromatic rings. The van der Waals surface area contributed by atoms with E-state index in [9.17, 15) is 27.9 Å². The number of aliphatic hydroxyl groups excluding tert-OH is 1. The SMILES string of the molecule is CC[C@H](C)[C@@H](C(=O)N[C@@H](Cc1ccccc1)[C@H](O)CN(CC(C)C)S(=O)(=O)c1ccc(C=NO)cc1)N1CCN(Cc2csc(CCC(=O)O)n2)C1=O. The van der Waals surface area contributed by atoms with Gasteiger partial charge in [-0.15, -0.1) is 11.3 Å². The molecule has 53 heavy (non-hydrogen) atoms. The zero-order valence-electron chi connectivity index (χ0n) is 30.5. The summed E-state index contributed by atoms with van der Waals surface area (Å²) in [6.07, 6.45) is 0.941. The molecule has 0 saturated carbocycles. The van der Waals surface area contributed by atoms with E-state index in [4.69, 9.17) is 10.3 Å². The van der Waals surface area contributed by atoms with Crippen molar-refractivity contribution in [2.75, 3.05) is 26.2 Å². The fraction of sp³-hybridized carbons (Fsp3) is 0.486. The van der Waals surface area contributed by atoms with Crippen molar-refractivity contribution in [1.29, 1.82) is 0 Å². The summed E-state index contributed by atoms with van der Waals surface area (Å²) < 4.78 is 29.0. The van der Waals surface area contributed by atoms with Crippen molar-refractivity contribution >= 4 is 45.5 Å². The number of aliphatic carboxylic acids is 1. The molecule has 4 rings (SSSR count). The maximum atomic E-state index is 14.3. The molecule has 0 unspecified atom stereocenters. The first-order valence-corrected chi connectivity index (χ1v) is 20.1. The van der Waals surface area contributed by atoms with E-state index in [-0.39, 0.29) is 55.2 Å². The Hall–Kier alpha value is -4.38. The van der Waals surface area contributed by atoms with Crippen LogP contribution in [-0.4, -0.2) is 111 Å². The van der Waals surface area contributed by atoms with Gasteiger partial charge in [0.25, 0.3) is 0 Å². The number of nitrogens with zero attached hydrogens (tertiary/aromatic N) is 5. The Bertz CT molecular complexity index is 1800. The maximum absolute atomic E-state index is 14.3. The van der Waals surface area contributed by atoms with E-state index >= 15 is 0 Å². The molecular formula is C37H50N6O8S2. The van der Waals surface area contributed by atoms with Gasteiger partial charge >= 0.3 is 12.0 Å². The number of benzene rings is 2. The molecule has 4 N–H and O–H groups in total. The molecule has 1 aliphatic rings. The van der Waals surface area contributed by atoms with Gasteiger partial charge in [0.2, 0.25) is 15.9 Å². The summed E-state index contributed by atoms with van der Waals surface area (Å²) in [4.78, 5) is 46.7. The average molecular weight is 771 g/mol. The summed E-state index contributed by atoms with van der Waals surface area (Å²) >= 11 is 1.35. The fourth-order valence-electron chi connectivity index (χ4n) is 6.26. The standard InChI is InChI=1S/C37H50N6O8S2/c1-5-26(4)35(43-18-17-41(37(43)48)22-29-24-52-33(39-29)15-16-34(45)46)36(47)40-31(19-27-9-7-6-8-10-27)32(44)23-42(21-25(2)3)53(50,51)30-13-11-28(12-14-30)20-38-49/h6-14,20,24-26,31-32,35,44,49H,5,15-19,21-23H2,1-4H3,(H,40,47)(H,45,46)/t26-,31-,32+,35-/m0/s1. The number of carboxylic acids is 1. The van der Waals surface area contributed by atoms with Crippen LogP contribution < -0.4 is 5.32 Å². The second-order valence-electron chi connectivity index (χ2n) is 13.8. The third kappa shape index (κ3) is 11.3. The third-order valence-electron chi connectivity index (χ3n) is 9.19. The van der Waals surface area contributed by atoms with Crippen LogP contribution in [0.5, 0.6) is 0 Å². The van der Waals surface area contributed by atoms with E-state index in [1.54, 1.807) is 9.80 Å². The first-order chi connectivity index (χ1) is 25.2. The topological polar surface area (TPSA) is 193 Å². The average Bonchev–Trinajstić information content (AvgIpc) is 3.73. The van der Waals surface area contributed by atoms with Crippen LogP contribution in [0.15, 0.2) is 70.0 Å². The van der Waals surface area contributed by atoms with Gasteiger partial charge in [0.15, 0.2) is 0 Å². The lowest BCUT2D eigenvalue weighted by molar-refractivity contribution is -0.137. The van der Waals surface area contributed by atoms with Crippen molar-refractivity contribution in [3.05, 3.63) is 81.8 Å². The van der Waals surface area contributed by atoms with Crippen LogP contribution in [0.1, 0.15) is 62.4 Å². The first kappa shape index (κ1) is 41.4. The predicted molar refractivity (Wildman–Crippen MR) is 201 cm³/mol. The van der Waals surface area contributed by atoms with Crippen LogP contribution in [0, 0.1) is 11.8 Å². The molecular weight excluding hydrogens is 721 g/mol. The number of sulfonamides is 1. The summed E-state index contributed by atoms with van der Waals surface area (Å²) in [5.74, 6) is -1.68. The summed E-state index contributed by atoms with van der Waals surface area (Å²) in [7, 11) is -4.08. The monoisotopic (exact) mass is 770 g/mol. The number of thiazole rings is 1. The van der Waals surface area contributed by atoms with Crippen molar-refractivity contribution in [3.63, 3.8) is 0 Å². The van der Waals surface area contributed by atoms with Gasteiger partial charge in [0.1, 0.15) is 6.04 Å². The Labute approximate surface area is 315 Å². The Kier molecular flexibility index (Phi) is 14.9. The van der Waals surface area contributed by atoms with Gasteiger partial charge in [0.05, 0.1) is 46.9 Å². The molecule has 0 radical (unpaired) electrons. The van der Waals surface area contributed by atoms with Crippen LogP contribution in [0.25, 0.3) is 0 Å². The molecule has 16 heteroatoms. The van der Waals surface area contributed by atoms with E-state index in [1.807, 2.05) is 63.4 Å². The lowest BCUT2D eigenvalue weighted by Crippen LogP contribution is -2.57. The predicted octanol–water partition coefficient (Wildman–Crippen LogP) is 4.06. The number of aliphatic hydroxyl groups is 1. The normalized spacial score (nSPS) is 16.0. The minimum Gasteiger partial charge on any atom is -0.481 e. The third-order valence-corrected chi connectivity index (χ3v) is 12.0. The van der Waals surface area contributed by atoms with Gasteiger partial charge in [-0.1, -0.05) is 81.7 Å². The number of aryl methyl sites for hydroxylation is 1. The van der Waals surface area contributed by atoms with Gasteiger partial charge in [-0.3, -0.25) is 9.59 Å². The highest BCUT2D eigenvalue weighted by Crippen LogP contribution is 2.25. The quantitative estimate of drug-likeness (QED) is 0.0745. The Morgan fingerprint density at radius 3 is 2.40 bits per heavy atom. The Morgan fingerprint density at radius 1 is 1.08 bits per heavy atom. The van der Waals surface area contributed by atoms with Crippen molar-refractivity contribution in [1.82, 2.24) is 24.4 Å². The molecule has 288 valence electrons. The highest BCUT2D eigenvalue weighted by molar-refractivity contribution is 7.89. The van der Waals surface area contributed by atoms with Crippen molar-refractivity contribution in [2.45, 2.75) is 83.0 Å². The smallest absolute Gasteiger partial charge is 0.321 e. The Morgan fingerprint density at radius 2 is 1.77 bits per heavy atom. The molecule has 2 heterocycles. The highest BCUT2D eigenvalue weighted by Gasteiger charge is 2.41. The lowest BCUT2D eigenvalue weighted by Gasteiger charge is -2.35. The van der Waals surface area contributed by atoms with E-state index in [0.717, 1.165) is 5.56 Å². The number of aromatic nitrogens is 1. The van der Waals surface area contributed by atoms with E-state index in [1.165, 1.54) is 46.1 Å². The van der Waals surface area contributed by atoms with E-state index in [0.29, 0.717) is 42.2 Å². The summed E-state index contributed by atoms with van der Waals surface area (Å²) in [5.41, 5.74) is 1.98. The number of carbonyl (C=O) groups is 3. The summed E-state index contributed by atoms with van der Waals surface area (Å²) in [6, 6.07) is 13.0. The molecule has 14 nitrogen and oxygen atoms in total. The van der Waals surface area contributed by atoms with Gasteiger partial charge in [-0.25, -0.2) is 18.2 Å².